The molecule has 0 amide bonds. The van der Waals surface area contributed by atoms with E-state index in [1.54, 1.807) is 12.7 Å². The van der Waals surface area contributed by atoms with Gasteiger partial charge < -0.3 is 10.5 Å². The van der Waals surface area contributed by atoms with Crippen LogP contribution in [0.25, 0.3) is 0 Å². The van der Waals surface area contributed by atoms with Crippen LogP contribution in [0.4, 0.5) is 0 Å². The van der Waals surface area contributed by atoms with E-state index >= 15 is 0 Å². The molecule has 0 spiro atoms. The summed E-state index contributed by atoms with van der Waals surface area (Å²) >= 11 is 0. The predicted octanol–water partition coefficient (Wildman–Crippen LogP) is 2.47. The van der Waals surface area contributed by atoms with Crippen molar-refractivity contribution >= 4 is 0 Å². The SMILES string of the molecule is COc1ccc2c(c1CCCCN)CCC2. The van der Waals surface area contributed by atoms with E-state index in [1.165, 1.54) is 36.8 Å². The van der Waals surface area contributed by atoms with Gasteiger partial charge in [0.25, 0.3) is 0 Å². The van der Waals surface area contributed by atoms with Gasteiger partial charge in [-0.3, -0.25) is 0 Å². The van der Waals surface area contributed by atoms with Crippen molar-refractivity contribution in [2.45, 2.75) is 38.5 Å². The second-order valence-corrected chi connectivity index (χ2v) is 4.48. The maximum Gasteiger partial charge on any atom is 0.122 e. The Bertz CT molecular complexity index is 360. The van der Waals surface area contributed by atoms with Crippen LogP contribution in [0, 0.1) is 0 Å². The number of benzene rings is 1. The molecule has 2 heteroatoms. The zero-order chi connectivity index (χ0) is 11.4. The zero-order valence-electron chi connectivity index (χ0n) is 10.1. The summed E-state index contributed by atoms with van der Waals surface area (Å²) in [5.41, 5.74) is 10.1. The van der Waals surface area contributed by atoms with Crippen LogP contribution in [0.3, 0.4) is 0 Å². The molecule has 88 valence electrons. The number of hydrogen-bond acceptors (Lipinski definition) is 2. The van der Waals surface area contributed by atoms with E-state index in [0.29, 0.717) is 0 Å². The number of fused-ring (bicyclic) bond motifs is 1. The Hall–Kier alpha value is -1.02. The maximum atomic E-state index is 5.54. The van der Waals surface area contributed by atoms with Gasteiger partial charge in [0.05, 0.1) is 7.11 Å². The van der Waals surface area contributed by atoms with E-state index < -0.39 is 0 Å². The third-order valence-corrected chi connectivity index (χ3v) is 3.46. The molecular weight excluding hydrogens is 198 g/mol. The Kier molecular flexibility index (Phi) is 3.83. The van der Waals surface area contributed by atoms with Gasteiger partial charge in [-0.05, 0) is 67.8 Å². The van der Waals surface area contributed by atoms with Gasteiger partial charge in [-0.2, -0.15) is 0 Å². The lowest BCUT2D eigenvalue weighted by molar-refractivity contribution is 0.408. The number of ether oxygens (including phenoxy) is 1. The molecule has 16 heavy (non-hydrogen) atoms. The minimum atomic E-state index is 0.789. The Balaban J connectivity index is 2.22. The lowest BCUT2D eigenvalue weighted by Crippen LogP contribution is -2.02. The summed E-state index contributed by atoms with van der Waals surface area (Å²) < 4.78 is 5.47. The molecule has 2 N–H and O–H groups in total. The van der Waals surface area contributed by atoms with Crippen molar-refractivity contribution in [1.29, 1.82) is 0 Å². The zero-order valence-corrected chi connectivity index (χ0v) is 10.1. The molecule has 0 fully saturated rings. The third kappa shape index (κ3) is 2.22. The predicted molar refractivity (Wildman–Crippen MR) is 67.0 cm³/mol. The molecule has 2 nitrogen and oxygen atoms in total. The maximum absolute atomic E-state index is 5.54. The Morgan fingerprint density at radius 3 is 2.88 bits per heavy atom. The van der Waals surface area contributed by atoms with Crippen molar-refractivity contribution in [3.05, 3.63) is 28.8 Å². The molecule has 2 rings (SSSR count). The van der Waals surface area contributed by atoms with Gasteiger partial charge in [0.2, 0.25) is 0 Å². The normalized spacial score (nSPS) is 13.9. The first-order valence-electron chi connectivity index (χ1n) is 6.24. The quantitative estimate of drug-likeness (QED) is 0.772. The Morgan fingerprint density at radius 2 is 2.12 bits per heavy atom. The van der Waals surface area contributed by atoms with E-state index in [4.69, 9.17) is 10.5 Å². The van der Waals surface area contributed by atoms with Gasteiger partial charge in [0.15, 0.2) is 0 Å². The highest BCUT2D eigenvalue weighted by Gasteiger charge is 2.17. The smallest absolute Gasteiger partial charge is 0.122 e. The topological polar surface area (TPSA) is 35.2 Å². The molecule has 0 saturated carbocycles. The van der Waals surface area contributed by atoms with Crippen molar-refractivity contribution in [3.8, 4) is 5.75 Å². The highest BCUT2D eigenvalue weighted by atomic mass is 16.5. The second kappa shape index (κ2) is 5.35. The minimum absolute atomic E-state index is 0.789. The van der Waals surface area contributed by atoms with Crippen molar-refractivity contribution in [3.63, 3.8) is 0 Å². The van der Waals surface area contributed by atoms with Gasteiger partial charge in [0.1, 0.15) is 5.75 Å². The minimum Gasteiger partial charge on any atom is -0.496 e. The van der Waals surface area contributed by atoms with Crippen molar-refractivity contribution < 1.29 is 4.74 Å². The van der Waals surface area contributed by atoms with E-state index in [2.05, 4.69) is 12.1 Å². The first kappa shape index (κ1) is 11.5. The fourth-order valence-corrected chi connectivity index (χ4v) is 2.63. The first-order valence-corrected chi connectivity index (χ1v) is 6.24. The van der Waals surface area contributed by atoms with Crippen molar-refractivity contribution in [2.75, 3.05) is 13.7 Å². The lowest BCUT2D eigenvalue weighted by atomic mass is 9.97. The van der Waals surface area contributed by atoms with Crippen LogP contribution < -0.4 is 10.5 Å². The molecule has 1 aliphatic rings. The van der Waals surface area contributed by atoms with E-state index in [0.717, 1.165) is 25.1 Å². The fraction of sp³-hybridized carbons (Fsp3) is 0.571. The number of unbranched alkanes of at least 4 members (excludes halogenated alkanes) is 1. The Morgan fingerprint density at radius 1 is 1.25 bits per heavy atom. The van der Waals surface area contributed by atoms with E-state index in [-0.39, 0.29) is 0 Å². The summed E-state index contributed by atoms with van der Waals surface area (Å²) in [6.45, 7) is 0.789. The number of nitrogens with two attached hydrogens (primary N) is 1. The number of aryl methyl sites for hydroxylation is 1. The first-order chi connectivity index (χ1) is 7.86. The summed E-state index contributed by atoms with van der Waals surface area (Å²) in [7, 11) is 1.77. The molecule has 0 unspecified atom stereocenters. The monoisotopic (exact) mass is 219 g/mol. The van der Waals surface area contributed by atoms with Crippen LogP contribution in [0.1, 0.15) is 36.0 Å². The molecule has 0 aromatic heterocycles. The molecule has 0 saturated heterocycles. The van der Waals surface area contributed by atoms with Gasteiger partial charge in [0, 0.05) is 0 Å². The van der Waals surface area contributed by atoms with E-state index in [1.807, 2.05) is 0 Å². The fourth-order valence-electron chi connectivity index (χ4n) is 2.63. The molecule has 1 aromatic rings. The molecule has 1 aliphatic carbocycles. The summed E-state index contributed by atoms with van der Waals surface area (Å²) in [5.74, 6) is 1.07. The van der Waals surface area contributed by atoms with Gasteiger partial charge in [-0.1, -0.05) is 6.07 Å². The third-order valence-electron chi connectivity index (χ3n) is 3.46. The van der Waals surface area contributed by atoms with Crippen LogP contribution >= 0.6 is 0 Å². The molecule has 0 atom stereocenters. The average molecular weight is 219 g/mol. The second-order valence-electron chi connectivity index (χ2n) is 4.48. The van der Waals surface area contributed by atoms with Crippen LogP contribution in [0.2, 0.25) is 0 Å². The van der Waals surface area contributed by atoms with Crippen molar-refractivity contribution in [1.82, 2.24) is 0 Å². The molecular formula is C14H21NO. The summed E-state index contributed by atoms with van der Waals surface area (Å²) in [6.07, 6.45) is 7.15. The largest absolute Gasteiger partial charge is 0.496 e. The van der Waals surface area contributed by atoms with Gasteiger partial charge in [-0.25, -0.2) is 0 Å². The van der Waals surface area contributed by atoms with Gasteiger partial charge >= 0.3 is 0 Å². The highest BCUT2D eigenvalue weighted by molar-refractivity contribution is 5.47. The standard InChI is InChI=1S/C14H21NO/c1-16-14-9-8-11-5-4-7-12(11)13(14)6-2-3-10-15/h8-9H,2-7,10,15H2,1H3. The van der Waals surface area contributed by atoms with Crippen LogP contribution in [-0.2, 0) is 19.3 Å². The number of rotatable bonds is 5. The Labute approximate surface area is 97.8 Å². The molecule has 0 bridgehead atoms. The van der Waals surface area contributed by atoms with Gasteiger partial charge in [-0.15, -0.1) is 0 Å². The molecule has 1 aromatic carbocycles. The van der Waals surface area contributed by atoms with Crippen LogP contribution in [-0.4, -0.2) is 13.7 Å². The highest BCUT2D eigenvalue weighted by Crippen LogP contribution is 2.32. The summed E-state index contributed by atoms with van der Waals surface area (Å²) in [5, 5.41) is 0. The molecule has 0 aliphatic heterocycles. The number of hydrogen-bond donors (Lipinski definition) is 1. The van der Waals surface area contributed by atoms with Crippen LogP contribution in [0.15, 0.2) is 12.1 Å². The molecule has 0 radical (unpaired) electrons. The summed E-state index contributed by atoms with van der Waals surface area (Å²) in [6, 6.07) is 4.36. The van der Waals surface area contributed by atoms with Crippen molar-refractivity contribution in [2.24, 2.45) is 5.73 Å². The number of methoxy groups -OCH3 is 1. The average Bonchev–Trinajstić information content (AvgIpc) is 2.77. The van der Waals surface area contributed by atoms with E-state index in [9.17, 15) is 0 Å². The lowest BCUT2D eigenvalue weighted by Gasteiger charge is -2.13. The molecule has 0 heterocycles. The van der Waals surface area contributed by atoms with Crippen LogP contribution in [0.5, 0.6) is 5.75 Å². The summed E-state index contributed by atoms with van der Waals surface area (Å²) in [4.78, 5) is 0.